The zero-order chi connectivity index (χ0) is 25.2. The van der Waals surface area contributed by atoms with Gasteiger partial charge >= 0.3 is 0 Å². The van der Waals surface area contributed by atoms with Crippen LogP contribution < -0.4 is 4.72 Å². The van der Waals surface area contributed by atoms with Crippen LogP contribution in [0.1, 0.15) is 46.5 Å². The number of aldehydes is 1. The molecule has 2 atom stereocenters. The number of halogens is 5. The van der Waals surface area contributed by atoms with Gasteiger partial charge in [0.1, 0.15) is 23.3 Å². The van der Waals surface area contributed by atoms with Crippen LogP contribution in [0.5, 0.6) is 0 Å². The van der Waals surface area contributed by atoms with Gasteiger partial charge in [-0.15, -0.1) is 11.3 Å². The van der Waals surface area contributed by atoms with Crippen molar-refractivity contribution in [3.8, 4) is 10.4 Å². The molecule has 0 spiro atoms. The third-order valence-electron chi connectivity index (χ3n) is 5.37. The lowest BCUT2D eigenvalue weighted by Crippen LogP contribution is -2.42. The summed E-state index contributed by atoms with van der Waals surface area (Å²) >= 11 is 13.4. The van der Waals surface area contributed by atoms with Gasteiger partial charge in [-0.3, -0.25) is 9.59 Å². The number of carbonyl (C=O) groups excluding carboxylic acids is 2. The van der Waals surface area contributed by atoms with E-state index in [1.54, 1.807) is 9.62 Å². The standard InChI is InChI=1S/C20H20Cl2F3N3O4S2/c1-10-4-2-3-7-28(10)20(30)17-18(33-14(9-29)26-17)11-5-6-13(16(22)15(11)21)34(31,32)27-12(8-23)19(24)25/h5-6,9-10,12,19,27H,2-4,7-8H2,1H3. The van der Waals surface area contributed by atoms with E-state index in [0.29, 0.717) is 12.8 Å². The summed E-state index contributed by atoms with van der Waals surface area (Å²) in [5.41, 5.74) is 0.114. The largest absolute Gasteiger partial charge is 0.335 e. The zero-order valence-electron chi connectivity index (χ0n) is 17.7. The molecular formula is C20H20Cl2F3N3O4S2. The number of benzene rings is 1. The minimum absolute atomic E-state index is 0.0105. The van der Waals surface area contributed by atoms with Crippen LogP contribution in [0.15, 0.2) is 17.0 Å². The normalized spacial score (nSPS) is 17.7. The summed E-state index contributed by atoms with van der Waals surface area (Å²) in [6.45, 7) is 0.797. The van der Waals surface area contributed by atoms with Crippen LogP contribution in [0.4, 0.5) is 13.2 Å². The van der Waals surface area contributed by atoms with Crippen molar-refractivity contribution in [2.24, 2.45) is 0 Å². The summed E-state index contributed by atoms with van der Waals surface area (Å²) in [4.78, 5) is 30.0. The minimum atomic E-state index is -4.65. The molecule has 0 saturated carbocycles. The van der Waals surface area contributed by atoms with Gasteiger partial charge in [0.15, 0.2) is 11.3 Å². The second-order valence-corrected chi connectivity index (χ2v) is 11.1. The number of amides is 1. The lowest BCUT2D eigenvalue weighted by atomic mass is 10.0. The lowest BCUT2D eigenvalue weighted by Gasteiger charge is -2.33. The van der Waals surface area contributed by atoms with Gasteiger partial charge in [-0.05, 0) is 32.3 Å². The van der Waals surface area contributed by atoms with Gasteiger partial charge in [0, 0.05) is 18.2 Å². The fourth-order valence-electron chi connectivity index (χ4n) is 3.58. The van der Waals surface area contributed by atoms with E-state index in [1.165, 1.54) is 6.07 Å². The molecule has 0 radical (unpaired) electrons. The molecule has 0 bridgehead atoms. The molecular weight excluding hydrogens is 538 g/mol. The van der Waals surface area contributed by atoms with Crippen molar-refractivity contribution in [2.45, 2.75) is 49.6 Å². The molecule has 186 valence electrons. The fraction of sp³-hybridized carbons (Fsp3) is 0.450. The average Bonchev–Trinajstić information content (AvgIpc) is 3.23. The van der Waals surface area contributed by atoms with Crippen molar-refractivity contribution >= 4 is 56.8 Å². The Bertz CT molecular complexity index is 1190. The fourth-order valence-corrected chi connectivity index (χ4v) is 6.60. The number of piperidine rings is 1. The maximum absolute atomic E-state index is 13.2. The Morgan fingerprint density at radius 3 is 2.62 bits per heavy atom. The first kappa shape index (κ1) is 26.9. The SMILES string of the molecule is CC1CCCCN1C(=O)c1nc(C=O)sc1-c1ccc(S(=O)(=O)NC(CF)C(F)F)c(Cl)c1Cl. The molecule has 14 heteroatoms. The Morgan fingerprint density at radius 1 is 1.32 bits per heavy atom. The third-order valence-corrected chi connectivity index (χ3v) is 8.91. The number of nitrogens with zero attached hydrogens (tertiary/aromatic N) is 2. The molecule has 1 amide bonds. The lowest BCUT2D eigenvalue weighted by molar-refractivity contribution is 0.0631. The second kappa shape index (κ2) is 10.9. The molecule has 1 N–H and O–H groups in total. The van der Waals surface area contributed by atoms with Gasteiger partial charge in [0.25, 0.3) is 12.3 Å². The van der Waals surface area contributed by atoms with Crippen LogP contribution in [-0.2, 0) is 10.0 Å². The van der Waals surface area contributed by atoms with Crippen LogP contribution in [-0.4, -0.2) is 62.2 Å². The first-order valence-electron chi connectivity index (χ1n) is 10.1. The Labute approximate surface area is 208 Å². The summed E-state index contributed by atoms with van der Waals surface area (Å²) in [7, 11) is -4.65. The van der Waals surface area contributed by atoms with Crippen molar-refractivity contribution < 1.29 is 31.2 Å². The maximum atomic E-state index is 13.2. The van der Waals surface area contributed by atoms with E-state index >= 15 is 0 Å². The first-order valence-corrected chi connectivity index (χ1v) is 13.2. The third kappa shape index (κ3) is 5.40. The topological polar surface area (TPSA) is 96.4 Å². The van der Waals surface area contributed by atoms with Gasteiger partial charge in [0.05, 0.1) is 14.9 Å². The van der Waals surface area contributed by atoms with Crippen molar-refractivity contribution in [1.29, 1.82) is 0 Å². The molecule has 1 aromatic carbocycles. The number of sulfonamides is 1. The average molecular weight is 558 g/mol. The molecule has 1 aromatic heterocycles. The van der Waals surface area contributed by atoms with Gasteiger partial charge < -0.3 is 4.90 Å². The predicted molar refractivity (Wildman–Crippen MR) is 123 cm³/mol. The predicted octanol–water partition coefficient (Wildman–Crippen LogP) is 4.83. The highest BCUT2D eigenvalue weighted by atomic mass is 35.5. The van der Waals surface area contributed by atoms with Crippen LogP contribution in [0.25, 0.3) is 10.4 Å². The van der Waals surface area contributed by atoms with Crippen molar-refractivity contribution in [2.75, 3.05) is 13.2 Å². The summed E-state index contributed by atoms with van der Waals surface area (Å²) in [6, 6.07) is -0.0583. The summed E-state index contributed by atoms with van der Waals surface area (Å²) < 4.78 is 65.1. The number of alkyl halides is 3. The van der Waals surface area contributed by atoms with E-state index in [4.69, 9.17) is 23.2 Å². The van der Waals surface area contributed by atoms with Crippen molar-refractivity contribution in [1.82, 2.24) is 14.6 Å². The molecule has 3 rings (SSSR count). The van der Waals surface area contributed by atoms with E-state index in [9.17, 15) is 31.2 Å². The molecule has 2 unspecified atom stereocenters. The summed E-state index contributed by atoms with van der Waals surface area (Å²) in [6.07, 6.45) is -0.186. The van der Waals surface area contributed by atoms with Gasteiger partial charge in [-0.1, -0.05) is 29.3 Å². The molecule has 1 aliphatic rings. The van der Waals surface area contributed by atoms with E-state index in [2.05, 4.69) is 4.98 Å². The van der Waals surface area contributed by atoms with Crippen molar-refractivity contribution in [3.63, 3.8) is 0 Å². The van der Waals surface area contributed by atoms with E-state index in [0.717, 1.165) is 36.7 Å². The number of likely N-dealkylation sites (tertiary alicyclic amines) is 1. The molecule has 1 aliphatic heterocycles. The van der Waals surface area contributed by atoms with E-state index in [-0.39, 0.29) is 32.2 Å². The van der Waals surface area contributed by atoms with Gasteiger partial charge in [-0.25, -0.2) is 26.6 Å². The maximum Gasteiger partial charge on any atom is 0.274 e. The van der Waals surface area contributed by atoms with Gasteiger partial charge in [-0.2, -0.15) is 4.72 Å². The van der Waals surface area contributed by atoms with Crippen molar-refractivity contribution in [3.05, 3.63) is 32.9 Å². The highest BCUT2D eigenvalue weighted by Gasteiger charge is 2.32. The smallest absolute Gasteiger partial charge is 0.274 e. The molecule has 7 nitrogen and oxygen atoms in total. The number of hydrogen-bond donors (Lipinski definition) is 1. The number of hydrogen-bond acceptors (Lipinski definition) is 6. The Hall–Kier alpha value is -1.73. The second-order valence-electron chi connectivity index (χ2n) is 7.65. The summed E-state index contributed by atoms with van der Waals surface area (Å²) in [5, 5.41) is -0.791. The molecule has 34 heavy (non-hydrogen) atoms. The highest BCUT2D eigenvalue weighted by Crippen LogP contribution is 2.42. The Morgan fingerprint density at radius 2 is 2.03 bits per heavy atom. The number of thiazole rings is 1. The number of aromatic nitrogens is 1. The van der Waals surface area contributed by atoms with Crippen LogP contribution in [0.3, 0.4) is 0 Å². The first-order chi connectivity index (χ1) is 16.0. The zero-order valence-corrected chi connectivity index (χ0v) is 20.9. The Kier molecular flexibility index (Phi) is 8.61. The molecule has 2 heterocycles. The Balaban J connectivity index is 2.05. The van der Waals surface area contributed by atoms with Crippen LogP contribution in [0, 0.1) is 0 Å². The van der Waals surface area contributed by atoms with E-state index in [1.807, 2.05) is 6.92 Å². The number of nitrogens with one attached hydrogen (secondary N) is 1. The molecule has 2 aromatic rings. The molecule has 0 aliphatic carbocycles. The van der Waals surface area contributed by atoms with E-state index < -0.39 is 45.0 Å². The molecule has 1 fully saturated rings. The highest BCUT2D eigenvalue weighted by molar-refractivity contribution is 7.89. The van der Waals surface area contributed by atoms with Crippen LogP contribution >= 0.6 is 34.5 Å². The molecule has 1 saturated heterocycles. The van der Waals surface area contributed by atoms with Crippen LogP contribution in [0.2, 0.25) is 10.0 Å². The van der Waals surface area contributed by atoms with Gasteiger partial charge in [0.2, 0.25) is 10.0 Å². The number of rotatable bonds is 8. The summed E-state index contributed by atoms with van der Waals surface area (Å²) in [5.74, 6) is -0.403. The monoisotopic (exact) mass is 557 g/mol. The quantitative estimate of drug-likeness (QED) is 0.469. The number of carbonyl (C=O) groups is 2. The minimum Gasteiger partial charge on any atom is -0.335 e.